The molecule has 2 aromatic rings. The van der Waals surface area contributed by atoms with Crippen LogP contribution in [0, 0.1) is 34.1 Å². The van der Waals surface area contributed by atoms with E-state index >= 15 is 0 Å². The van der Waals surface area contributed by atoms with Crippen molar-refractivity contribution in [3.63, 3.8) is 0 Å². The summed E-state index contributed by atoms with van der Waals surface area (Å²) in [6.45, 7) is 15.2. The molecular formula is C29H42N6O8. The number of ether oxygens (including phenoxy) is 3. The van der Waals surface area contributed by atoms with Crippen molar-refractivity contribution in [2.24, 2.45) is 0 Å². The second-order valence-corrected chi connectivity index (χ2v) is 11.3. The van der Waals surface area contributed by atoms with Gasteiger partial charge in [0.1, 0.15) is 5.60 Å². The van der Waals surface area contributed by atoms with Crippen LogP contribution in [0.25, 0.3) is 0 Å². The number of nitro benzene ring substituents is 2. The van der Waals surface area contributed by atoms with Crippen LogP contribution in [-0.2, 0) is 4.74 Å². The third kappa shape index (κ3) is 8.60. The van der Waals surface area contributed by atoms with E-state index < -0.39 is 15.4 Å². The zero-order valence-corrected chi connectivity index (χ0v) is 26.0. The Balaban J connectivity index is 0.000000248. The molecule has 2 saturated heterocycles. The summed E-state index contributed by atoms with van der Waals surface area (Å²) in [5.74, 6) is 0.555. The molecule has 236 valence electrons. The molecule has 0 aliphatic carbocycles. The zero-order chi connectivity index (χ0) is 31.9. The van der Waals surface area contributed by atoms with Gasteiger partial charge in [-0.3, -0.25) is 20.2 Å². The highest BCUT2D eigenvalue weighted by molar-refractivity contribution is 5.69. The second-order valence-electron chi connectivity index (χ2n) is 11.3. The van der Waals surface area contributed by atoms with Crippen LogP contribution >= 0.6 is 0 Å². The third-order valence-corrected chi connectivity index (χ3v) is 7.12. The van der Waals surface area contributed by atoms with Crippen molar-refractivity contribution in [2.45, 2.75) is 40.2 Å². The summed E-state index contributed by atoms with van der Waals surface area (Å²) in [5.41, 5.74) is 3.06. The lowest BCUT2D eigenvalue weighted by atomic mass is 10.1. The van der Waals surface area contributed by atoms with Gasteiger partial charge in [0.25, 0.3) is 0 Å². The van der Waals surface area contributed by atoms with Crippen molar-refractivity contribution in [2.75, 3.05) is 76.4 Å². The summed E-state index contributed by atoms with van der Waals surface area (Å²) in [7, 11) is 2.88. The molecule has 14 nitrogen and oxygen atoms in total. The Morgan fingerprint density at radius 1 is 0.767 bits per heavy atom. The van der Waals surface area contributed by atoms with Crippen molar-refractivity contribution < 1.29 is 28.9 Å². The molecule has 0 spiro atoms. The van der Waals surface area contributed by atoms with Crippen LogP contribution in [0.4, 0.5) is 27.5 Å². The molecule has 4 rings (SSSR count). The van der Waals surface area contributed by atoms with Crippen molar-refractivity contribution in [3.05, 3.63) is 55.6 Å². The van der Waals surface area contributed by atoms with Gasteiger partial charge in [0.05, 0.1) is 24.1 Å². The van der Waals surface area contributed by atoms with Gasteiger partial charge in [0.2, 0.25) is 0 Å². The summed E-state index contributed by atoms with van der Waals surface area (Å²) in [4.78, 5) is 39.3. The number of nitrogens with zero attached hydrogens (tertiary/aromatic N) is 5. The monoisotopic (exact) mass is 602 g/mol. The first kappa shape index (κ1) is 33.2. The summed E-state index contributed by atoms with van der Waals surface area (Å²) >= 11 is 0. The average molecular weight is 603 g/mol. The SMILES string of the molecule is COc1cc(N2CCN(C(=O)OC(C)(C)C)CC2)c(C)cc1[N+](=O)[O-].COc1cc(N2CCNCC2)c(C)cc1[N+](=O)[O-]. The minimum absolute atomic E-state index is 0.0221. The maximum absolute atomic E-state index is 12.1. The lowest BCUT2D eigenvalue weighted by Crippen LogP contribution is -2.50. The number of anilines is 2. The number of methoxy groups -OCH3 is 2. The molecule has 14 heteroatoms. The van der Waals surface area contributed by atoms with Crippen LogP contribution in [0.1, 0.15) is 31.9 Å². The Morgan fingerprint density at radius 3 is 1.56 bits per heavy atom. The van der Waals surface area contributed by atoms with E-state index in [0.29, 0.717) is 31.9 Å². The number of carbonyl (C=O) groups is 1. The van der Waals surface area contributed by atoms with Gasteiger partial charge >= 0.3 is 17.5 Å². The summed E-state index contributed by atoms with van der Waals surface area (Å²) in [6, 6.07) is 6.56. The predicted molar refractivity (Wildman–Crippen MR) is 164 cm³/mol. The molecule has 2 fully saturated rings. The molecule has 0 saturated carbocycles. The van der Waals surface area contributed by atoms with Gasteiger partial charge in [-0.1, -0.05) is 0 Å². The highest BCUT2D eigenvalue weighted by Gasteiger charge is 2.28. The first-order chi connectivity index (χ1) is 20.2. The van der Waals surface area contributed by atoms with Gasteiger partial charge < -0.3 is 34.2 Å². The Morgan fingerprint density at radius 2 is 1.19 bits per heavy atom. The number of carbonyl (C=O) groups excluding carboxylic acids is 1. The van der Waals surface area contributed by atoms with E-state index in [4.69, 9.17) is 14.2 Å². The quantitative estimate of drug-likeness (QED) is 0.372. The van der Waals surface area contributed by atoms with E-state index in [0.717, 1.165) is 48.7 Å². The summed E-state index contributed by atoms with van der Waals surface area (Å²) < 4.78 is 15.7. The molecule has 0 bridgehead atoms. The van der Waals surface area contributed by atoms with Crippen molar-refractivity contribution in [1.82, 2.24) is 10.2 Å². The number of hydrogen-bond acceptors (Lipinski definition) is 11. The molecule has 1 amide bonds. The van der Waals surface area contributed by atoms with Gasteiger partial charge in [-0.25, -0.2) is 4.79 Å². The van der Waals surface area contributed by atoms with E-state index in [2.05, 4.69) is 15.1 Å². The zero-order valence-electron chi connectivity index (χ0n) is 26.0. The van der Waals surface area contributed by atoms with Gasteiger partial charge in [-0.2, -0.15) is 0 Å². The largest absolute Gasteiger partial charge is 0.490 e. The smallest absolute Gasteiger partial charge is 0.410 e. The van der Waals surface area contributed by atoms with Crippen LogP contribution in [-0.4, -0.2) is 93.0 Å². The topological polar surface area (TPSA) is 153 Å². The molecule has 0 aromatic heterocycles. The average Bonchev–Trinajstić information content (AvgIpc) is 2.96. The van der Waals surface area contributed by atoms with Crippen LogP contribution in [0.2, 0.25) is 0 Å². The minimum Gasteiger partial charge on any atom is -0.490 e. The molecule has 1 N–H and O–H groups in total. The molecule has 2 aromatic carbocycles. The molecule has 0 atom stereocenters. The van der Waals surface area contributed by atoms with E-state index in [9.17, 15) is 25.0 Å². The van der Waals surface area contributed by atoms with Crippen LogP contribution < -0.4 is 24.6 Å². The normalized spacial score (nSPS) is 15.3. The maximum Gasteiger partial charge on any atom is 0.410 e. The van der Waals surface area contributed by atoms with Crippen molar-refractivity contribution in [3.8, 4) is 11.5 Å². The minimum atomic E-state index is -0.517. The van der Waals surface area contributed by atoms with E-state index in [1.807, 2.05) is 34.6 Å². The van der Waals surface area contributed by atoms with Gasteiger partial charge in [0.15, 0.2) is 11.5 Å². The number of nitrogens with one attached hydrogen (secondary N) is 1. The number of nitro groups is 2. The molecular weight excluding hydrogens is 560 g/mol. The first-order valence-electron chi connectivity index (χ1n) is 14.1. The van der Waals surface area contributed by atoms with Gasteiger partial charge in [0, 0.05) is 88.0 Å². The molecule has 2 aliphatic heterocycles. The summed E-state index contributed by atoms with van der Waals surface area (Å²) in [6.07, 6.45) is -0.315. The van der Waals surface area contributed by atoms with Crippen molar-refractivity contribution >= 4 is 28.8 Å². The fourth-order valence-electron chi connectivity index (χ4n) is 4.98. The highest BCUT2D eigenvalue weighted by atomic mass is 16.6. The molecule has 2 aliphatic rings. The lowest BCUT2D eigenvalue weighted by Gasteiger charge is -2.37. The predicted octanol–water partition coefficient (Wildman–Crippen LogP) is 4.29. The Kier molecular flexibility index (Phi) is 11.0. The first-order valence-corrected chi connectivity index (χ1v) is 14.1. The Hall–Kier alpha value is -4.33. The van der Waals surface area contributed by atoms with Crippen LogP contribution in [0.3, 0.4) is 0 Å². The van der Waals surface area contributed by atoms with Crippen LogP contribution in [0.5, 0.6) is 11.5 Å². The lowest BCUT2D eigenvalue weighted by molar-refractivity contribution is -0.385. The number of hydrogen-bond donors (Lipinski definition) is 1. The number of rotatable bonds is 6. The Labute approximate surface area is 251 Å². The molecule has 43 heavy (non-hydrogen) atoms. The number of aryl methyl sites for hydroxylation is 2. The van der Waals surface area contributed by atoms with Gasteiger partial charge in [-0.15, -0.1) is 0 Å². The molecule has 0 unspecified atom stereocenters. The second kappa shape index (κ2) is 14.2. The standard InChI is InChI=1S/C17H25N3O5.C12H17N3O3/c1-12-10-14(20(22)23)15(24-5)11-13(12)18-6-8-19(9-7-18)16(21)25-17(2,3)4;1-9-7-11(15(16)17)12(18-2)8-10(9)14-5-3-13-4-6-14/h10-11H,6-9H2,1-5H3;7-8,13H,3-6H2,1-2H3. The molecule has 2 heterocycles. The van der Waals surface area contributed by atoms with E-state index in [-0.39, 0.29) is 23.2 Å². The van der Waals surface area contributed by atoms with Crippen molar-refractivity contribution in [1.29, 1.82) is 0 Å². The molecule has 0 radical (unpaired) electrons. The van der Waals surface area contributed by atoms with Gasteiger partial charge in [-0.05, 0) is 45.7 Å². The van der Waals surface area contributed by atoms with E-state index in [1.54, 1.807) is 23.1 Å². The fraction of sp³-hybridized carbons (Fsp3) is 0.552. The Bertz CT molecular complexity index is 1320. The number of amides is 1. The highest BCUT2D eigenvalue weighted by Crippen LogP contribution is 2.36. The number of benzene rings is 2. The number of piperazine rings is 2. The summed E-state index contributed by atoms with van der Waals surface area (Å²) in [5, 5.41) is 25.3. The third-order valence-electron chi connectivity index (χ3n) is 7.12. The van der Waals surface area contributed by atoms with Crippen LogP contribution in [0.15, 0.2) is 24.3 Å². The van der Waals surface area contributed by atoms with E-state index in [1.165, 1.54) is 20.3 Å². The fourth-order valence-corrected chi connectivity index (χ4v) is 4.98. The maximum atomic E-state index is 12.1.